The van der Waals surface area contributed by atoms with Crippen LogP contribution >= 0.6 is 0 Å². The molecule has 1 aromatic rings. The molecule has 1 aromatic carbocycles. The summed E-state index contributed by atoms with van der Waals surface area (Å²) in [4.78, 5) is 0. The summed E-state index contributed by atoms with van der Waals surface area (Å²) >= 11 is 0. The third-order valence-electron chi connectivity index (χ3n) is 6.88. The van der Waals surface area contributed by atoms with E-state index < -0.39 is 0 Å². The van der Waals surface area contributed by atoms with E-state index in [1.165, 1.54) is 57.9 Å². The Morgan fingerprint density at radius 1 is 1.05 bits per heavy atom. The van der Waals surface area contributed by atoms with Crippen LogP contribution in [0.3, 0.4) is 0 Å². The summed E-state index contributed by atoms with van der Waals surface area (Å²) in [7, 11) is 0. The number of rotatable bonds is 4. The number of fused-ring (bicyclic) bond motifs is 3. The van der Waals surface area contributed by atoms with Gasteiger partial charge in [0, 0.05) is 12.6 Å². The summed E-state index contributed by atoms with van der Waals surface area (Å²) in [5, 5.41) is 4.05. The minimum Gasteiger partial charge on any atom is -0.313 e. The summed E-state index contributed by atoms with van der Waals surface area (Å²) in [5.41, 5.74) is 3.91. The SMILES string of the molecule is CCC1(CNC2C3CCC2Cc2ccccc2C3)CCC1. The molecule has 2 unspecified atom stereocenters. The van der Waals surface area contributed by atoms with Gasteiger partial charge in [0.25, 0.3) is 0 Å². The Kier molecular flexibility index (Phi) is 3.57. The van der Waals surface area contributed by atoms with Crippen molar-refractivity contribution in [2.24, 2.45) is 17.3 Å². The summed E-state index contributed by atoms with van der Waals surface area (Å²) in [6.45, 7) is 3.66. The molecule has 2 saturated carbocycles. The predicted molar refractivity (Wildman–Crippen MR) is 88.4 cm³/mol. The summed E-state index contributed by atoms with van der Waals surface area (Å²) < 4.78 is 0. The molecule has 2 fully saturated rings. The zero-order valence-corrected chi connectivity index (χ0v) is 13.4. The second kappa shape index (κ2) is 5.43. The van der Waals surface area contributed by atoms with Crippen LogP contribution in [0.5, 0.6) is 0 Å². The van der Waals surface area contributed by atoms with Gasteiger partial charge in [-0.15, -0.1) is 0 Å². The Labute approximate surface area is 129 Å². The van der Waals surface area contributed by atoms with E-state index in [0.29, 0.717) is 5.41 Å². The number of hydrogen-bond acceptors (Lipinski definition) is 1. The summed E-state index contributed by atoms with van der Waals surface area (Å²) in [6.07, 6.45) is 11.2. The van der Waals surface area contributed by atoms with Crippen molar-refractivity contribution in [3.05, 3.63) is 35.4 Å². The smallest absolute Gasteiger partial charge is 0.0130 e. The molecule has 0 heterocycles. The largest absolute Gasteiger partial charge is 0.313 e. The molecule has 4 rings (SSSR count). The molecule has 0 amide bonds. The van der Waals surface area contributed by atoms with Crippen molar-refractivity contribution < 1.29 is 0 Å². The zero-order valence-electron chi connectivity index (χ0n) is 13.4. The minimum atomic E-state index is 0.651. The van der Waals surface area contributed by atoms with E-state index in [2.05, 4.69) is 36.5 Å². The van der Waals surface area contributed by atoms with Gasteiger partial charge in [0.05, 0.1) is 0 Å². The van der Waals surface area contributed by atoms with Crippen LogP contribution in [0.2, 0.25) is 0 Å². The molecule has 2 bridgehead atoms. The van der Waals surface area contributed by atoms with Gasteiger partial charge < -0.3 is 5.32 Å². The van der Waals surface area contributed by atoms with Gasteiger partial charge in [0.15, 0.2) is 0 Å². The lowest BCUT2D eigenvalue weighted by atomic mass is 9.67. The third kappa shape index (κ3) is 2.44. The van der Waals surface area contributed by atoms with Crippen molar-refractivity contribution in [1.82, 2.24) is 5.32 Å². The van der Waals surface area contributed by atoms with Crippen LogP contribution in [0.4, 0.5) is 0 Å². The standard InChI is InChI=1S/C20H29N/c1-2-20(10-5-11-20)14-21-19-17-8-9-18(19)13-16-7-4-3-6-15(16)12-17/h3-4,6-7,17-19,21H,2,5,8-14H2,1H3. The molecule has 1 heteroatoms. The Morgan fingerprint density at radius 3 is 2.14 bits per heavy atom. The maximum Gasteiger partial charge on any atom is 0.0130 e. The molecule has 0 aliphatic heterocycles. The summed E-state index contributed by atoms with van der Waals surface area (Å²) in [6, 6.07) is 9.96. The van der Waals surface area contributed by atoms with Crippen LogP contribution in [0.15, 0.2) is 24.3 Å². The zero-order chi connectivity index (χ0) is 14.3. The number of nitrogens with one attached hydrogen (secondary N) is 1. The Hall–Kier alpha value is -0.820. The van der Waals surface area contributed by atoms with Crippen molar-refractivity contribution in [2.75, 3.05) is 6.54 Å². The maximum absolute atomic E-state index is 4.05. The lowest BCUT2D eigenvalue weighted by molar-refractivity contribution is 0.112. The van der Waals surface area contributed by atoms with E-state index >= 15 is 0 Å². The molecule has 21 heavy (non-hydrogen) atoms. The van der Waals surface area contributed by atoms with E-state index in [9.17, 15) is 0 Å². The monoisotopic (exact) mass is 283 g/mol. The topological polar surface area (TPSA) is 12.0 Å². The quantitative estimate of drug-likeness (QED) is 0.866. The van der Waals surface area contributed by atoms with Gasteiger partial charge in [-0.2, -0.15) is 0 Å². The highest BCUT2D eigenvalue weighted by molar-refractivity contribution is 5.30. The van der Waals surface area contributed by atoms with Crippen LogP contribution < -0.4 is 5.32 Å². The van der Waals surface area contributed by atoms with E-state index in [-0.39, 0.29) is 0 Å². The van der Waals surface area contributed by atoms with E-state index in [1.54, 1.807) is 11.1 Å². The van der Waals surface area contributed by atoms with Gasteiger partial charge in [-0.25, -0.2) is 0 Å². The lowest BCUT2D eigenvalue weighted by Crippen LogP contribution is -2.46. The van der Waals surface area contributed by atoms with Crippen molar-refractivity contribution in [1.29, 1.82) is 0 Å². The van der Waals surface area contributed by atoms with Gasteiger partial charge in [-0.1, -0.05) is 37.6 Å². The second-order valence-corrected chi connectivity index (χ2v) is 7.89. The van der Waals surface area contributed by atoms with Crippen LogP contribution in [-0.4, -0.2) is 12.6 Å². The first-order valence-electron chi connectivity index (χ1n) is 9.10. The Balaban J connectivity index is 1.48. The minimum absolute atomic E-state index is 0.651. The first kappa shape index (κ1) is 13.8. The normalized spacial score (nSPS) is 33.1. The van der Waals surface area contributed by atoms with E-state index in [0.717, 1.165) is 17.9 Å². The molecular weight excluding hydrogens is 254 g/mol. The highest BCUT2D eigenvalue weighted by Crippen LogP contribution is 2.45. The highest BCUT2D eigenvalue weighted by atomic mass is 15.0. The number of hydrogen-bond donors (Lipinski definition) is 1. The molecule has 3 aliphatic carbocycles. The fourth-order valence-corrected chi connectivity index (χ4v) is 5.15. The van der Waals surface area contributed by atoms with Gasteiger partial charge in [-0.05, 0) is 73.3 Å². The van der Waals surface area contributed by atoms with Crippen molar-refractivity contribution in [2.45, 2.75) is 64.3 Å². The van der Waals surface area contributed by atoms with Crippen LogP contribution in [0.1, 0.15) is 56.6 Å². The average Bonchev–Trinajstić information content (AvgIpc) is 2.73. The van der Waals surface area contributed by atoms with Crippen molar-refractivity contribution in [3.63, 3.8) is 0 Å². The predicted octanol–water partition coefficient (Wildman–Crippen LogP) is 4.35. The molecule has 0 saturated heterocycles. The molecule has 2 atom stereocenters. The fourth-order valence-electron chi connectivity index (χ4n) is 5.15. The molecule has 3 aliphatic rings. The lowest BCUT2D eigenvalue weighted by Gasteiger charge is -2.43. The van der Waals surface area contributed by atoms with E-state index in [4.69, 9.17) is 0 Å². The number of benzene rings is 1. The molecule has 1 nitrogen and oxygen atoms in total. The molecule has 1 N–H and O–H groups in total. The van der Waals surface area contributed by atoms with Gasteiger partial charge in [0.2, 0.25) is 0 Å². The highest BCUT2D eigenvalue weighted by Gasteiger charge is 2.41. The maximum atomic E-state index is 4.05. The second-order valence-electron chi connectivity index (χ2n) is 7.89. The van der Waals surface area contributed by atoms with Gasteiger partial charge in [-0.3, -0.25) is 0 Å². The Morgan fingerprint density at radius 2 is 1.67 bits per heavy atom. The molecule has 114 valence electrons. The van der Waals surface area contributed by atoms with Crippen LogP contribution in [0, 0.1) is 17.3 Å². The average molecular weight is 283 g/mol. The molecular formula is C20H29N. The fraction of sp³-hybridized carbons (Fsp3) is 0.700. The molecule has 0 spiro atoms. The summed E-state index contributed by atoms with van der Waals surface area (Å²) in [5.74, 6) is 1.76. The van der Waals surface area contributed by atoms with Crippen molar-refractivity contribution in [3.8, 4) is 0 Å². The van der Waals surface area contributed by atoms with Gasteiger partial charge in [0.1, 0.15) is 0 Å². The van der Waals surface area contributed by atoms with Crippen LogP contribution in [-0.2, 0) is 12.8 Å². The molecule has 0 aromatic heterocycles. The Bertz CT molecular complexity index is 464. The first-order valence-corrected chi connectivity index (χ1v) is 9.10. The third-order valence-corrected chi connectivity index (χ3v) is 6.88. The first-order chi connectivity index (χ1) is 10.3. The van der Waals surface area contributed by atoms with Gasteiger partial charge >= 0.3 is 0 Å². The van der Waals surface area contributed by atoms with Crippen LogP contribution in [0.25, 0.3) is 0 Å². The van der Waals surface area contributed by atoms with E-state index in [1.807, 2.05) is 0 Å². The van der Waals surface area contributed by atoms with Crippen molar-refractivity contribution >= 4 is 0 Å². The molecule has 0 radical (unpaired) electrons.